The molecule has 1 heterocycles. The Balaban J connectivity index is 2.43. The molecule has 126 valence electrons. The minimum atomic E-state index is -4.26. The van der Waals surface area contributed by atoms with Crippen molar-refractivity contribution in [2.24, 2.45) is 0 Å². The van der Waals surface area contributed by atoms with Gasteiger partial charge >= 0.3 is 0 Å². The van der Waals surface area contributed by atoms with E-state index < -0.39 is 21.4 Å². The first kappa shape index (κ1) is 17.5. The fourth-order valence-electron chi connectivity index (χ4n) is 3.03. The highest BCUT2D eigenvalue weighted by Crippen LogP contribution is 2.41. The average Bonchev–Trinajstić information content (AvgIpc) is 2.40. The van der Waals surface area contributed by atoms with Crippen molar-refractivity contribution in [2.45, 2.75) is 32.7 Å². The van der Waals surface area contributed by atoms with Crippen LogP contribution in [-0.4, -0.2) is 42.2 Å². The van der Waals surface area contributed by atoms with E-state index in [1.807, 2.05) is 31.7 Å². The van der Waals surface area contributed by atoms with Crippen LogP contribution in [0.2, 0.25) is 0 Å². The first-order valence-corrected chi connectivity index (χ1v) is 8.86. The van der Waals surface area contributed by atoms with Crippen LogP contribution in [0.1, 0.15) is 43.1 Å². The largest absolute Gasteiger partial charge is 0.748 e. The zero-order valence-corrected chi connectivity index (χ0v) is 14.2. The zero-order chi connectivity index (χ0) is 17.4. The molecule has 0 unspecified atom stereocenters. The van der Waals surface area contributed by atoms with Crippen molar-refractivity contribution in [3.8, 4) is 5.75 Å². The van der Waals surface area contributed by atoms with Crippen molar-refractivity contribution in [3.63, 3.8) is 0 Å². The van der Waals surface area contributed by atoms with Crippen LogP contribution in [0, 0.1) is 0 Å². The molecule has 1 aliphatic rings. The topological polar surface area (TPSA) is 97.7 Å². The summed E-state index contributed by atoms with van der Waals surface area (Å²) in [6, 6.07) is 3.14. The van der Waals surface area contributed by atoms with Crippen molar-refractivity contribution >= 4 is 27.7 Å². The molecule has 0 radical (unpaired) electrons. The molecule has 7 heteroatoms. The monoisotopic (exact) mass is 338 g/mol. The van der Waals surface area contributed by atoms with Crippen molar-refractivity contribution < 1.29 is 22.9 Å². The van der Waals surface area contributed by atoms with E-state index in [2.05, 4.69) is 0 Å². The van der Waals surface area contributed by atoms with Gasteiger partial charge in [0.05, 0.1) is 21.2 Å². The van der Waals surface area contributed by atoms with E-state index in [1.54, 1.807) is 6.07 Å². The maximum atomic E-state index is 11.0. The SMILES string of the molecule is CC1=CC(C)(C)N(CCCS(=O)(=O)[O-])c2cc(O)c(C=O)cc21. The normalized spacial score (nSPS) is 16.7. The third-order valence-electron chi connectivity index (χ3n) is 4.03. The number of allylic oxidation sites excluding steroid dienone is 1. The number of carbonyl (C=O) groups is 1. The number of rotatable bonds is 5. The number of anilines is 1. The highest BCUT2D eigenvalue weighted by atomic mass is 32.2. The number of aldehydes is 1. The van der Waals surface area contributed by atoms with E-state index in [4.69, 9.17) is 0 Å². The molecule has 0 bridgehead atoms. The van der Waals surface area contributed by atoms with Gasteiger partial charge in [0.15, 0.2) is 6.29 Å². The van der Waals surface area contributed by atoms with E-state index in [0.29, 0.717) is 12.8 Å². The van der Waals surface area contributed by atoms with Crippen LogP contribution in [0.15, 0.2) is 18.2 Å². The molecule has 6 nitrogen and oxygen atoms in total. The number of phenols is 1. The van der Waals surface area contributed by atoms with Crippen molar-refractivity contribution in [1.29, 1.82) is 0 Å². The zero-order valence-electron chi connectivity index (χ0n) is 13.4. The second-order valence-electron chi connectivity index (χ2n) is 6.29. The van der Waals surface area contributed by atoms with E-state index in [9.17, 15) is 22.9 Å². The Morgan fingerprint density at radius 1 is 1.35 bits per heavy atom. The fraction of sp³-hybridized carbons (Fsp3) is 0.438. The number of fused-ring (bicyclic) bond motifs is 1. The molecule has 0 atom stereocenters. The summed E-state index contributed by atoms with van der Waals surface area (Å²) in [5.74, 6) is -0.554. The van der Waals surface area contributed by atoms with Gasteiger partial charge < -0.3 is 14.6 Å². The van der Waals surface area contributed by atoms with E-state index in [1.165, 1.54) is 6.07 Å². The molecule has 1 aromatic carbocycles. The van der Waals surface area contributed by atoms with Crippen molar-refractivity contribution in [1.82, 2.24) is 0 Å². The van der Waals surface area contributed by atoms with Gasteiger partial charge in [-0.25, -0.2) is 8.42 Å². The molecule has 1 N–H and O–H groups in total. The van der Waals surface area contributed by atoms with Gasteiger partial charge in [-0.3, -0.25) is 4.79 Å². The molecule has 0 aliphatic carbocycles. The number of phenolic OH excluding ortho intramolecular Hbond substituents is 1. The molecule has 0 saturated carbocycles. The molecule has 0 saturated heterocycles. The van der Waals surface area contributed by atoms with E-state index >= 15 is 0 Å². The predicted molar refractivity (Wildman–Crippen MR) is 87.8 cm³/mol. The highest BCUT2D eigenvalue weighted by molar-refractivity contribution is 7.85. The summed E-state index contributed by atoms with van der Waals surface area (Å²) >= 11 is 0. The molecule has 2 rings (SSSR count). The molecule has 0 amide bonds. The van der Waals surface area contributed by atoms with Crippen LogP contribution in [0.25, 0.3) is 5.57 Å². The molecular formula is C16H20NO5S-. The summed E-state index contributed by atoms with van der Waals surface area (Å²) in [7, 11) is -4.26. The smallest absolute Gasteiger partial charge is 0.153 e. The molecule has 1 aromatic rings. The van der Waals surface area contributed by atoms with E-state index in [-0.39, 0.29) is 17.7 Å². The average molecular weight is 338 g/mol. The molecule has 0 fully saturated rings. The van der Waals surface area contributed by atoms with Crippen LogP contribution in [0.3, 0.4) is 0 Å². The van der Waals surface area contributed by atoms with E-state index in [0.717, 1.165) is 16.8 Å². The summed E-state index contributed by atoms with van der Waals surface area (Å²) in [6.45, 7) is 6.21. The van der Waals surface area contributed by atoms with Gasteiger partial charge in [-0.2, -0.15) is 0 Å². The minimum absolute atomic E-state index is 0.120. The second kappa shape index (κ2) is 5.98. The minimum Gasteiger partial charge on any atom is -0.748 e. The Labute approximate surface area is 136 Å². The first-order valence-electron chi connectivity index (χ1n) is 7.28. The standard InChI is InChI=1S/C16H21NO5S/c1-11-9-16(2,3)17(5-4-6-23(20,21)22)14-8-15(19)12(10-18)7-13(11)14/h7-10,19H,4-6H2,1-3H3,(H,20,21,22)/p-1. The number of carbonyl (C=O) groups excluding carboxylic acids is 1. The van der Waals surface area contributed by atoms with Gasteiger partial charge in [0.25, 0.3) is 0 Å². The van der Waals surface area contributed by atoms with Gasteiger partial charge in [-0.1, -0.05) is 6.08 Å². The maximum Gasteiger partial charge on any atom is 0.153 e. The van der Waals surface area contributed by atoms with Crippen LogP contribution in [0.5, 0.6) is 5.75 Å². The highest BCUT2D eigenvalue weighted by Gasteiger charge is 2.31. The number of nitrogens with zero attached hydrogens (tertiary/aromatic N) is 1. The Hall–Kier alpha value is -1.86. The Bertz CT molecular complexity index is 765. The molecule has 0 spiro atoms. The molecule has 23 heavy (non-hydrogen) atoms. The molecule has 0 aromatic heterocycles. The van der Waals surface area contributed by atoms with Crippen molar-refractivity contribution in [3.05, 3.63) is 29.3 Å². The summed E-state index contributed by atoms with van der Waals surface area (Å²) < 4.78 is 32.4. The van der Waals surface area contributed by atoms with Gasteiger partial charge in [-0.15, -0.1) is 0 Å². The lowest BCUT2D eigenvalue weighted by atomic mass is 9.87. The maximum absolute atomic E-state index is 11.0. The third kappa shape index (κ3) is 3.73. The number of aromatic hydroxyl groups is 1. The predicted octanol–water partition coefficient (Wildman–Crippen LogP) is 2.14. The Morgan fingerprint density at radius 3 is 2.57 bits per heavy atom. The van der Waals surface area contributed by atoms with Crippen molar-refractivity contribution in [2.75, 3.05) is 17.2 Å². The Morgan fingerprint density at radius 2 is 2.00 bits per heavy atom. The third-order valence-corrected chi connectivity index (χ3v) is 4.82. The lowest BCUT2D eigenvalue weighted by Crippen LogP contribution is -2.46. The number of hydrogen-bond acceptors (Lipinski definition) is 6. The lowest BCUT2D eigenvalue weighted by molar-refractivity contribution is 0.112. The summed E-state index contributed by atoms with van der Waals surface area (Å²) in [5, 5.41) is 9.97. The van der Waals surface area contributed by atoms with Crippen LogP contribution in [-0.2, 0) is 10.1 Å². The van der Waals surface area contributed by atoms with Gasteiger partial charge in [0.2, 0.25) is 0 Å². The quantitative estimate of drug-likeness (QED) is 0.652. The first-order chi connectivity index (χ1) is 10.5. The molecule has 1 aliphatic heterocycles. The summed E-state index contributed by atoms with van der Waals surface area (Å²) in [6.07, 6.45) is 2.81. The lowest BCUT2D eigenvalue weighted by Gasteiger charge is -2.43. The van der Waals surface area contributed by atoms with Crippen LogP contribution in [0.4, 0.5) is 5.69 Å². The van der Waals surface area contributed by atoms with Crippen LogP contribution < -0.4 is 4.90 Å². The number of benzene rings is 1. The Kier molecular flexibility index (Phi) is 4.54. The second-order valence-corrected chi connectivity index (χ2v) is 7.82. The number of hydrogen-bond donors (Lipinski definition) is 1. The summed E-state index contributed by atoms with van der Waals surface area (Å²) in [5.41, 5.74) is 2.31. The van der Waals surface area contributed by atoms with Crippen LogP contribution >= 0.6 is 0 Å². The van der Waals surface area contributed by atoms with Gasteiger partial charge in [0, 0.05) is 29.6 Å². The van der Waals surface area contributed by atoms with Gasteiger partial charge in [-0.05, 0) is 38.8 Å². The summed E-state index contributed by atoms with van der Waals surface area (Å²) in [4.78, 5) is 13.0. The fourth-order valence-corrected chi connectivity index (χ4v) is 3.51. The molecular weight excluding hydrogens is 318 g/mol. The van der Waals surface area contributed by atoms with Gasteiger partial charge in [0.1, 0.15) is 5.75 Å².